The second-order valence-electron chi connectivity index (χ2n) is 5.71. The average Bonchev–Trinajstić information content (AvgIpc) is 2.81. The van der Waals surface area contributed by atoms with Gasteiger partial charge in [-0.2, -0.15) is 0 Å². The molecule has 1 aliphatic rings. The van der Waals surface area contributed by atoms with E-state index in [1.54, 1.807) is 0 Å². The van der Waals surface area contributed by atoms with Crippen LogP contribution in [-0.4, -0.2) is 5.11 Å². The van der Waals surface area contributed by atoms with Gasteiger partial charge in [-0.1, -0.05) is 51.0 Å². The highest BCUT2D eigenvalue weighted by molar-refractivity contribution is 5.80. The van der Waals surface area contributed by atoms with Crippen molar-refractivity contribution in [2.75, 3.05) is 0 Å². The van der Waals surface area contributed by atoms with Gasteiger partial charge >= 0.3 is 0 Å². The van der Waals surface area contributed by atoms with Gasteiger partial charge in [-0.25, -0.2) is 0 Å². The monoisotopic (exact) mass is 266 g/mol. The minimum atomic E-state index is 0.491. The lowest BCUT2D eigenvalue weighted by atomic mass is 9.90. The van der Waals surface area contributed by atoms with E-state index in [1.165, 1.54) is 33.4 Å². The number of fused-ring (bicyclic) bond motifs is 3. The van der Waals surface area contributed by atoms with Crippen LogP contribution in [0.3, 0.4) is 0 Å². The van der Waals surface area contributed by atoms with Crippen LogP contribution in [0.2, 0.25) is 0 Å². The highest BCUT2D eigenvalue weighted by atomic mass is 16.3. The Bertz CT molecular complexity index is 640. The zero-order valence-electron chi connectivity index (χ0n) is 12.4. The number of hydrogen-bond donors (Lipinski definition) is 1. The van der Waals surface area contributed by atoms with Gasteiger partial charge in [0.2, 0.25) is 0 Å². The quantitative estimate of drug-likeness (QED) is 0.714. The van der Waals surface area contributed by atoms with E-state index < -0.39 is 0 Å². The van der Waals surface area contributed by atoms with Gasteiger partial charge in [0.1, 0.15) is 5.75 Å². The number of aromatic hydroxyl groups is 1. The molecule has 2 aromatic rings. The summed E-state index contributed by atoms with van der Waals surface area (Å²) in [6.45, 7) is 4.39. The van der Waals surface area contributed by atoms with Gasteiger partial charge in [0.15, 0.2) is 0 Å². The minimum absolute atomic E-state index is 0.491. The van der Waals surface area contributed by atoms with E-state index in [0.29, 0.717) is 5.75 Å². The lowest BCUT2D eigenvalue weighted by Gasteiger charge is -2.16. The highest BCUT2D eigenvalue weighted by Crippen LogP contribution is 2.43. The zero-order valence-corrected chi connectivity index (χ0v) is 12.4. The molecule has 3 rings (SSSR count). The fourth-order valence-electron chi connectivity index (χ4n) is 3.46. The third-order valence-electron chi connectivity index (χ3n) is 4.32. The summed E-state index contributed by atoms with van der Waals surface area (Å²) >= 11 is 0. The molecule has 0 spiro atoms. The van der Waals surface area contributed by atoms with Crippen LogP contribution >= 0.6 is 0 Å². The van der Waals surface area contributed by atoms with Crippen molar-refractivity contribution >= 4 is 0 Å². The van der Waals surface area contributed by atoms with E-state index in [9.17, 15) is 5.11 Å². The summed E-state index contributed by atoms with van der Waals surface area (Å²) < 4.78 is 0. The maximum atomic E-state index is 10.4. The Morgan fingerprint density at radius 1 is 0.950 bits per heavy atom. The molecule has 2 aromatic carbocycles. The van der Waals surface area contributed by atoms with Gasteiger partial charge in [-0.15, -0.1) is 0 Å². The molecule has 1 nitrogen and oxygen atoms in total. The predicted molar refractivity (Wildman–Crippen MR) is 84.3 cm³/mol. The van der Waals surface area contributed by atoms with Crippen molar-refractivity contribution in [3.63, 3.8) is 0 Å². The van der Waals surface area contributed by atoms with Gasteiger partial charge in [0.25, 0.3) is 0 Å². The Balaban J connectivity index is 2.20. The summed E-state index contributed by atoms with van der Waals surface area (Å²) in [7, 11) is 0. The first kappa shape index (κ1) is 13.2. The van der Waals surface area contributed by atoms with Gasteiger partial charge in [-0.3, -0.25) is 0 Å². The molecule has 0 fully saturated rings. The maximum absolute atomic E-state index is 10.4. The summed E-state index contributed by atoms with van der Waals surface area (Å²) in [5, 5.41) is 10.4. The molecule has 104 valence electrons. The van der Waals surface area contributed by atoms with Crippen LogP contribution in [0.1, 0.15) is 48.9 Å². The summed E-state index contributed by atoms with van der Waals surface area (Å²) in [6, 6.07) is 10.6. The molecule has 0 aliphatic heterocycles. The van der Waals surface area contributed by atoms with Crippen LogP contribution in [0.5, 0.6) is 5.75 Å². The fraction of sp³-hybridized carbons (Fsp3) is 0.368. The molecule has 0 aromatic heterocycles. The highest BCUT2D eigenvalue weighted by Gasteiger charge is 2.24. The molecule has 0 amide bonds. The Kier molecular flexibility index (Phi) is 3.52. The van der Waals surface area contributed by atoms with Crippen LogP contribution in [0.4, 0.5) is 0 Å². The summed E-state index contributed by atoms with van der Waals surface area (Å²) in [5.74, 6) is 0.491. The van der Waals surface area contributed by atoms with Crippen LogP contribution < -0.4 is 0 Å². The second kappa shape index (κ2) is 5.32. The summed E-state index contributed by atoms with van der Waals surface area (Å²) in [6.07, 6.45) is 5.28. The standard InChI is InChI=1S/C19H22O/c1-3-7-15-16(8-4-2)19(20)12-18-14-10-6-5-9-13(14)11-17(15)18/h5-6,9-10,12,20H,3-4,7-8,11H2,1-2H3. The minimum Gasteiger partial charge on any atom is -0.508 e. The average molecular weight is 266 g/mol. The number of rotatable bonds is 4. The van der Waals surface area contributed by atoms with Gasteiger partial charge in [0.05, 0.1) is 0 Å². The molecule has 20 heavy (non-hydrogen) atoms. The summed E-state index contributed by atoms with van der Waals surface area (Å²) in [4.78, 5) is 0. The predicted octanol–water partition coefficient (Wildman–Crippen LogP) is 4.87. The molecule has 0 unspecified atom stereocenters. The molecule has 0 heterocycles. The first-order valence-corrected chi connectivity index (χ1v) is 7.71. The van der Waals surface area contributed by atoms with Gasteiger partial charge in [-0.05, 0) is 58.7 Å². The Hall–Kier alpha value is -1.76. The first-order chi connectivity index (χ1) is 9.76. The smallest absolute Gasteiger partial charge is 0.119 e. The van der Waals surface area contributed by atoms with Crippen molar-refractivity contribution in [1.29, 1.82) is 0 Å². The number of hydrogen-bond acceptors (Lipinski definition) is 1. The van der Waals surface area contributed by atoms with Crippen molar-refractivity contribution in [2.24, 2.45) is 0 Å². The molecular formula is C19H22O. The van der Waals surface area contributed by atoms with Crippen molar-refractivity contribution in [1.82, 2.24) is 0 Å². The fourth-order valence-corrected chi connectivity index (χ4v) is 3.46. The third kappa shape index (κ3) is 2.02. The molecule has 1 N–H and O–H groups in total. The van der Waals surface area contributed by atoms with Gasteiger partial charge in [0, 0.05) is 0 Å². The number of phenols is 1. The third-order valence-corrected chi connectivity index (χ3v) is 4.32. The van der Waals surface area contributed by atoms with Gasteiger partial charge < -0.3 is 5.11 Å². The Morgan fingerprint density at radius 3 is 2.40 bits per heavy atom. The molecule has 0 saturated carbocycles. The van der Waals surface area contributed by atoms with Crippen LogP contribution in [0.25, 0.3) is 11.1 Å². The number of benzene rings is 2. The van der Waals surface area contributed by atoms with Crippen molar-refractivity contribution in [3.05, 3.63) is 52.6 Å². The maximum Gasteiger partial charge on any atom is 0.119 e. The second-order valence-corrected chi connectivity index (χ2v) is 5.71. The van der Waals surface area contributed by atoms with E-state index in [-0.39, 0.29) is 0 Å². The molecule has 0 atom stereocenters. The molecule has 0 saturated heterocycles. The van der Waals surface area contributed by atoms with E-state index >= 15 is 0 Å². The first-order valence-electron chi connectivity index (χ1n) is 7.71. The largest absolute Gasteiger partial charge is 0.508 e. The normalized spacial score (nSPS) is 12.3. The molecular weight excluding hydrogens is 244 g/mol. The van der Waals surface area contributed by atoms with Crippen LogP contribution in [0.15, 0.2) is 30.3 Å². The van der Waals surface area contributed by atoms with E-state index in [4.69, 9.17) is 0 Å². The zero-order chi connectivity index (χ0) is 14.1. The van der Waals surface area contributed by atoms with Crippen molar-refractivity contribution < 1.29 is 5.11 Å². The lowest BCUT2D eigenvalue weighted by Crippen LogP contribution is -2.00. The molecule has 0 radical (unpaired) electrons. The van der Waals surface area contributed by atoms with E-state index in [0.717, 1.165) is 32.1 Å². The molecule has 0 bridgehead atoms. The summed E-state index contributed by atoms with van der Waals surface area (Å²) in [5.41, 5.74) is 7.99. The van der Waals surface area contributed by atoms with Crippen LogP contribution in [-0.2, 0) is 19.3 Å². The molecule has 1 aliphatic carbocycles. The van der Waals surface area contributed by atoms with Crippen LogP contribution in [0, 0.1) is 0 Å². The SMILES string of the molecule is CCCc1c(O)cc2c(c1CCC)Cc1ccccc1-2. The number of phenolic OH excluding ortho intramolecular Hbond substituents is 1. The topological polar surface area (TPSA) is 20.2 Å². The van der Waals surface area contributed by atoms with Crippen molar-refractivity contribution in [3.8, 4) is 16.9 Å². The van der Waals surface area contributed by atoms with Crippen molar-refractivity contribution in [2.45, 2.75) is 46.0 Å². The Labute approximate surface area is 121 Å². The Morgan fingerprint density at radius 2 is 1.65 bits per heavy atom. The lowest BCUT2D eigenvalue weighted by molar-refractivity contribution is 0.466. The van der Waals surface area contributed by atoms with E-state index in [1.807, 2.05) is 6.07 Å². The van der Waals surface area contributed by atoms with E-state index in [2.05, 4.69) is 38.1 Å². The molecule has 1 heteroatoms.